The third-order valence-electron chi connectivity index (χ3n) is 4.95. The molecule has 2 N–H and O–H groups in total. The van der Waals surface area contributed by atoms with E-state index in [0.717, 1.165) is 33.5 Å². The molecule has 1 aromatic heterocycles. The van der Waals surface area contributed by atoms with Crippen molar-refractivity contribution in [2.45, 2.75) is 31.6 Å². The highest BCUT2D eigenvalue weighted by Crippen LogP contribution is 2.24. The van der Waals surface area contributed by atoms with Gasteiger partial charge in [0, 0.05) is 6.42 Å². The summed E-state index contributed by atoms with van der Waals surface area (Å²) in [6.45, 7) is 3.76. The largest absolute Gasteiger partial charge is 0.342 e. The summed E-state index contributed by atoms with van der Waals surface area (Å²) in [6, 6.07) is 20.8. The minimum Gasteiger partial charge on any atom is -0.342 e. The van der Waals surface area contributed by atoms with Gasteiger partial charge in [-0.1, -0.05) is 48.0 Å². The maximum Gasteiger partial charge on any atom is 0.262 e. The molecule has 0 bridgehead atoms. The average Bonchev–Trinajstić information content (AvgIpc) is 3.09. The maximum atomic E-state index is 12.9. The van der Waals surface area contributed by atoms with Crippen LogP contribution >= 0.6 is 0 Å². The summed E-state index contributed by atoms with van der Waals surface area (Å²) in [5, 5.41) is 0. The van der Waals surface area contributed by atoms with Crippen molar-refractivity contribution in [2.24, 2.45) is 0 Å². The Morgan fingerprint density at radius 3 is 2.48 bits per heavy atom. The summed E-state index contributed by atoms with van der Waals surface area (Å²) in [5.41, 5.74) is 5.24. The monoisotopic (exact) mass is 405 g/mol. The first-order valence-corrected chi connectivity index (χ1v) is 11.0. The molecule has 3 aromatic carbocycles. The molecule has 4 aromatic rings. The molecule has 0 amide bonds. The first-order chi connectivity index (χ1) is 13.9. The number of aromatic nitrogens is 2. The zero-order valence-corrected chi connectivity index (χ0v) is 17.3. The summed E-state index contributed by atoms with van der Waals surface area (Å²) in [6.07, 6.45) is 1.36. The Balaban J connectivity index is 1.56. The van der Waals surface area contributed by atoms with Crippen LogP contribution in [0.4, 0.5) is 5.69 Å². The second kappa shape index (κ2) is 7.72. The molecule has 0 unspecified atom stereocenters. The lowest BCUT2D eigenvalue weighted by atomic mass is 10.1. The van der Waals surface area contributed by atoms with Crippen LogP contribution in [-0.4, -0.2) is 18.4 Å². The molecule has 148 valence electrons. The average molecular weight is 406 g/mol. The fourth-order valence-electron chi connectivity index (χ4n) is 3.52. The second-order valence-electron chi connectivity index (χ2n) is 7.23. The van der Waals surface area contributed by atoms with Gasteiger partial charge in [0.15, 0.2) is 0 Å². The zero-order valence-electron chi connectivity index (χ0n) is 16.4. The van der Waals surface area contributed by atoms with Crippen molar-refractivity contribution < 1.29 is 8.42 Å². The van der Waals surface area contributed by atoms with Gasteiger partial charge in [0.25, 0.3) is 10.0 Å². The van der Waals surface area contributed by atoms with Gasteiger partial charge in [-0.15, -0.1) is 0 Å². The van der Waals surface area contributed by atoms with Gasteiger partial charge in [-0.3, -0.25) is 4.72 Å². The topological polar surface area (TPSA) is 74.8 Å². The lowest BCUT2D eigenvalue weighted by Crippen LogP contribution is -2.15. The molecule has 0 fully saturated rings. The smallest absolute Gasteiger partial charge is 0.262 e. The summed E-state index contributed by atoms with van der Waals surface area (Å²) in [4.78, 5) is 8.23. The number of anilines is 1. The summed E-state index contributed by atoms with van der Waals surface area (Å²) in [7, 11) is -3.66. The molecular weight excluding hydrogens is 382 g/mol. The Kier molecular flexibility index (Phi) is 5.11. The highest BCUT2D eigenvalue weighted by molar-refractivity contribution is 7.92. The standard InChI is InChI=1S/C23H23N3O2S/c1-16-11-13-22(17(2)15-16)29(27,28)26-19-8-4-3-7-18(19)12-14-23-24-20-9-5-6-10-21(20)25-23/h3-11,13,15,26H,12,14H2,1-2H3,(H,24,25). The molecule has 0 atom stereocenters. The molecule has 1 heterocycles. The predicted molar refractivity (Wildman–Crippen MR) is 117 cm³/mol. The summed E-state index contributed by atoms with van der Waals surface area (Å²) >= 11 is 0. The number of hydrogen-bond acceptors (Lipinski definition) is 3. The Morgan fingerprint density at radius 1 is 0.931 bits per heavy atom. The van der Waals surface area contributed by atoms with Gasteiger partial charge in [0.05, 0.1) is 21.6 Å². The van der Waals surface area contributed by atoms with Crippen LogP contribution in [0.2, 0.25) is 0 Å². The van der Waals surface area contributed by atoms with E-state index < -0.39 is 10.0 Å². The van der Waals surface area contributed by atoms with Crippen molar-refractivity contribution >= 4 is 26.7 Å². The van der Waals surface area contributed by atoms with Crippen LogP contribution in [0.25, 0.3) is 11.0 Å². The maximum absolute atomic E-state index is 12.9. The molecule has 0 aliphatic carbocycles. The van der Waals surface area contributed by atoms with Gasteiger partial charge >= 0.3 is 0 Å². The molecule has 29 heavy (non-hydrogen) atoms. The highest BCUT2D eigenvalue weighted by atomic mass is 32.2. The Labute approximate surface area is 170 Å². The SMILES string of the molecule is Cc1ccc(S(=O)(=O)Nc2ccccc2CCc2nc3ccccc3[nH]2)c(C)c1. The zero-order chi connectivity index (χ0) is 20.4. The van der Waals surface area contributed by atoms with Crippen molar-refractivity contribution in [3.8, 4) is 0 Å². The molecule has 0 saturated heterocycles. The number of hydrogen-bond donors (Lipinski definition) is 2. The van der Waals surface area contributed by atoms with E-state index in [1.165, 1.54) is 0 Å². The molecule has 0 aliphatic heterocycles. The molecule has 0 aliphatic rings. The second-order valence-corrected chi connectivity index (χ2v) is 8.88. The van der Waals surface area contributed by atoms with E-state index in [0.29, 0.717) is 23.4 Å². The van der Waals surface area contributed by atoms with E-state index in [9.17, 15) is 8.42 Å². The minimum absolute atomic E-state index is 0.301. The third-order valence-corrected chi connectivity index (χ3v) is 6.48. The highest BCUT2D eigenvalue weighted by Gasteiger charge is 2.18. The fourth-order valence-corrected chi connectivity index (χ4v) is 4.84. The van der Waals surface area contributed by atoms with Gasteiger partial charge in [-0.05, 0) is 55.7 Å². The number of H-pyrrole nitrogens is 1. The van der Waals surface area contributed by atoms with Crippen LogP contribution in [0, 0.1) is 13.8 Å². The van der Waals surface area contributed by atoms with Crippen LogP contribution in [-0.2, 0) is 22.9 Å². The van der Waals surface area contributed by atoms with E-state index >= 15 is 0 Å². The van der Waals surface area contributed by atoms with Crippen LogP contribution in [0.3, 0.4) is 0 Å². The molecule has 4 rings (SSSR count). The van der Waals surface area contributed by atoms with E-state index in [2.05, 4.69) is 14.7 Å². The number of aromatic amines is 1. The molecule has 0 spiro atoms. The van der Waals surface area contributed by atoms with Gasteiger partial charge < -0.3 is 4.98 Å². The van der Waals surface area contributed by atoms with E-state index in [1.54, 1.807) is 12.1 Å². The summed E-state index contributed by atoms with van der Waals surface area (Å²) in [5.74, 6) is 0.887. The first-order valence-electron chi connectivity index (χ1n) is 9.54. The van der Waals surface area contributed by atoms with Gasteiger partial charge in [-0.2, -0.15) is 0 Å². The minimum atomic E-state index is -3.66. The van der Waals surface area contributed by atoms with E-state index in [1.807, 2.05) is 68.4 Å². The van der Waals surface area contributed by atoms with Crippen LogP contribution in [0.5, 0.6) is 0 Å². The van der Waals surface area contributed by atoms with Gasteiger partial charge in [0.2, 0.25) is 0 Å². The number of nitrogens with one attached hydrogen (secondary N) is 2. The molecule has 0 radical (unpaired) electrons. The lowest BCUT2D eigenvalue weighted by molar-refractivity contribution is 0.600. The molecular formula is C23H23N3O2S. The van der Waals surface area contributed by atoms with E-state index in [4.69, 9.17) is 0 Å². The van der Waals surface area contributed by atoms with Crippen molar-refractivity contribution in [3.05, 3.63) is 89.2 Å². The quantitative estimate of drug-likeness (QED) is 0.485. The van der Waals surface area contributed by atoms with Gasteiger partial charge in [-0.25, -0.2) is 13.4 Å². The number of imidazole rings is 1. The Morgan fingerprint density at radius 2 is 1.69 bits per heavy atom. The number of para-hydroxylation sites is 3. The van der Waals surface area contributed by atoms with Crippen molar-refractivity contribution in [1.29, 1.82) is 0 Å². The number of fused-ring (bicyclic) bond motifs is 1. The van der Waals surface area contributed by atoms with Gasteiger partial charge in [0.1, 0.15) is 5.82 Å². The van der Waals surface area contributed by atoms with Crippen LogP contribution in [0.1, 0.15) is 22.5 Å². The number of benzene rings is 3. The van der Waals surface area contributed by atoms with Crippen LogP contribution < -0.4 is 4.72 Å². The normalized spacial score (nSPS) is 11.7. The Bertz CT molecular complexity index is 1240. The molecule has 5 nitrogen and oxygen atoms in total. The Hall–Kier alpha value is -3.12. The van der Waals surface area contributed by atoms with Crippen molar-refractivity contribution in [1.82, 2.24) is 9.97 Å². The van der Waals surface area contributed by atoms with Crippen LogP contribution in [0.15, 0.2) is 71.6 Å². The predicted octanol–water partition coefficient (Wildman–Crippen LogP) is 4.77. The fraction of sp³-hybridized carbons (Fsp3) is 0.174. The molecule has 6 heteroatoms. The lowest BCUT2D eigenvalue weighted by Gasteiger charge is -2.14. The third kappa shape index (κ3) is 4.17. The number of rotatable bonds is 6. The van der Waals surface area contributed by atoms with Crippen molar-refractivity contribution in [2.75, 3.05) is 4.72 Å². The van der Waals surface area contributed by atoms with E-state index in [-0.39, 0.29) is 0 Å². The number of aryl methyl sites for hydroxylation is 4. The van der Waals surface area contributed by atoms with Crippen molar-refractivity contribution in [3.63, 3.8) is 0 Å². The number of nitrogens with zero attached hydrogens (tertiary/aromatic N) is 1. The molecule has 0 saturated carbocycles. The summed E-state index contributed by atoms with van der Waals surface area (Å²) < 4.78 is 28.7. The first kappa shape index (κ1) is 19.2. The number of sulfonamides is 1.